The molecule has 3 aromatic rings. The van der Waals surface area contributed by atoms with Gasteiger partial charge in [0.2, 0.25) is 0 Å². The monoisotopic (exact) mass is 491 g/mol. The average molecular weight is 492 g/mol. The lowest BCUT2D eigenvalue weighted by atomic mass is 9.88. The van der Waals surface area contributed by atoms with Gasteiger partial charge in [0.1, 0.15) is 11.6 Å². The van der Waals surface area contributed by atoms with Crippen LogP contribution in [0.1, 0.15) is 42.9 Å². The van der Waals surface area contributed by atoms with E-state index in [9.17, 15) is 26.7 Å². The lowest BCUT2D eigenvalue weighted by Crippen LogP contribution is -2.17. The highest BCUT2D eigenvalue weighted by Crippen LogP contribution is 2.35. The van der Waals surface area contributed by atoms with E-state index in [2.05, 4.69) is 5.32 Å². The van der Waals surface area contributed by atoms with Crippen molar-refractivity contribution in [2.24, 2.45) is 5.92 Å². The highest BCUT2D eigenvalue weighted by molar-refractivity contribution is 5.80. The summed E-state index contributed by atoms with van der Waals surface area (Å²) in [4.78, 5) is 12.6. The van der Waals surface area contributed by atoms with Gasteiger partial charge in [-0.25, -0.2) is 8.78 Å². The Kier molecular flexibility index (Phi) is 8.14. The Hall–Kier alpha value is -3.42. The van der Waals surface area contributed by atoms with Crippen molar-refractivity contribution in [2.75, 3.05) is 12.4 Å². The molecule has 35 heavy (non-hydrogen) atoms. The van der Waals surface area contributed by atoms with Gasteiger partial charge < -0.3 is 10.1 Å². The van der Waals surface area contributed by atoms with Crippen molar-refractivity contribution >= 4 is 11.7 Å². The summed E-state index contributed by atoms with van der Waals surface area (Å²) < 4.78 is 71.2. The first-order valence-electron chi connectivity index (χ1n) is 11.1. The van der Waals surface area contributed by atoms with Crippen LogP contribution in [0, 0.1) is 17.6 Å². The van der Waals surface area contributed by atoms with Crippen molar-refractivity contribution < 1.29 is 31.5 Å². The van der Waals surface area contributed by atoms with E-state index in [0.29, 0.717) is 34.4 Å². The van der Waals surface area contributed by atoms with E-state index in [0.717, 1.165) is 18.2 Å². The Morgan fingerprint density at radius 2 is 1.54 bits per heavy atom. The number of ether oxygens (including phenoxy) is 1. The second-order valence-electron chi connectivity index (χ2n) is 8.76. The molecule has 3 aromatic carbocycles. The number of esters is 1. The molecule has 0 radical (unpaired) electrons. The number of benzene rings is 3. The highest BCUT2D eigenvalue weighted by atomic mass is 19.4. The molecule has 0 aliphatic rings. The minimum Gasteiger partial charge on any atom is -0.469 e. The van der Waals surface area contributed by atoms with Crippen LogP contribution < -0.4 is 5.32 Å². The largest absolute Gasteiger partial charge is 0.469 e. The Balaban J connectivity index is 2.03. The molecule has 0 bridgehead atoms. The van der Waals surface area contributed by atoms with Crippen molar-refractivity contribution in [2.45, 2.75) is 38.9 Å². The van der Waals surface area contributed by atoms with Crippen LogP contribution in [0.25, 0.3) is 11.1 Å². The molecule has 8 heteroatoms. The van der Waals surface area contributed by atoms with Gasteiger partial charge in [0, 0.05) is 18.3 Å². The van der Waals surface area contributed by atoms with E-state index >= 15 is 0 Å². The Labute approximate surface area is 200 Å². The van der Waals surface area contributed by atoms with Gasteiger partial charge in [0.15, 0.2) is 0 Å². The van der Waals surface area contributed by atoms with E-state index in [4.69, 9.17) is 4.74 Å². The SMILES string of the molecule is COC(=O)[C@H](CC(C)C)c1cc(NCc2cc(F)cc(F)c2)cc(-c2ccc(C(F)(F)F)cc2)c1. The zero-order valence-corrected chi connectivity index (χ0v) is 19.5. The van der Waals surface area contributed by atoms with Crippen molar-refractivity contribution in [3.8, 4) is 11.1 Å². The fraction of sp³-hybridized carbons (Fsp3) is 0.296. The smallest absolute Gasteiger partial charge is 0.416 e. The lowest BCUT2D eigenvalue weighted by Gasteiger charge is -2.20. The van der Waals surface area contributed by atoms with Gasteiger partial charge in [-0.1, -0.05) is 32.0 Å². The first kappa shape index (κ1) is 26.2. The molecule has 186 valence electrons. The molecule has 1 N–H and O–H groups in total. The van der Waals surface area contributed by atoms with Crippen LogP contribution >= 0.6 is 0 Å². The zero-order valence-electron chi connectivity index (χ0n) is 19.5. The number of hydrogen-bond donors (Lipinski definition) is 1. The second-order valence-corrected chi connectivity index (χ2v) is 8.76. The fourth-order valence-corrected chi connectivity index (χ4v) is 3.87. The average Bonchev–Trinajstić information content (AvgIpc) is 2.79. The molecule has 0 saturated carbocycles. The highest BCUT2D eigenvalue weighted by Gasteiger charge is 2.30. The summed E-state index contributed by atoms with van der Waals surface area (Å²) in [6, 6.07) is 13.1. The molecule has 3 nitrogen and oxygen atoms in total. The summed E-state index contributed by atoms with van der Waals surface area (Å²) in [7, 11) is 1.30. The zero-order chi connectivity index (χ0) is 25.8. The van der Waals surface area contributed by atoms with Gasteiger partial charge in [-0.15, -0.1) is 0 Å². The Morgan fingerprint density at radius 1 is 0.914 bits per heavy atom. The summed E-state index contributed by atoms with van der Waals surface area (Å²) >= 11 is 0. The summed E-state index contributed by atoms with van der Waals surface area (Å²) in [6.45, 7) is 4.03. The molecule has 0 heterocycles. The van der Waals surface area contributed by atoms with Crippen molar-refractivity contribution in [1.82, 2.24) is 0 Å². The van der Waals surface area contributed by atoms with Crippen molar-refractivity contribution in [3.05, 3.63) is 89.0 Å². The molecule has 3 rings (SSSR count). The predicted molar refractivity (Wildman–Crippen MR) is 125 cm³/mol. The number of rotatable bonds is 8. The molecule has 0 saturated heterocycles. The standard InChI is InChI=1S/C27H26F5NO2/c1-16(2)8-25(26(34)35-3)20-11-19(18-4-6-21(7-5-18)27(30,31)32)12-24(13-20)33-15-17-9-22(28)14-23(29)10-17/h4-7,9-14,16,25,33H,8,15H2,1-3H3/t25-/m1/s1. The molecular formula is C27H26F5NO2. The molecular weight excluding hydrogens is 465 g/mol. The van der Waals surface area contributed by atoms with Gasteiger partial charge in [-0.3, -0.25) is 4.79 Å². The predicted octanol–water partition coefficient (Wildman–Crippen LogP) is 7.57. The molecule has 0 aromatic heterocycles. The van der Waals surface area contributed by atoms with Crippen LogP contribution in [-0.2, 0) is 22.3 Å². The lowest BCUT2D eigenvalue weighted by molar-refractivity contribution is -0.143. The van der Waals surface area contributed by atoms with Gasteiger partial charge in [0.25, 0.3) is 0 Å². The summed E-state index contributed by atoms with van der Waals surface area (Å²) in [5.41, 5.74) is 1.87. The van der Waals surface area contributed by atoms with Crippen LogP contribution in [0.2, 0.25) is 0 Å². The van der Waals surface area contributed by atoms with Crippen molar-refractivity contribution in [1.29, 1.82) is 0 Å². The number of alkyl halides is 3. The molecule has 1 atom stereocenters. The molecule has 0 aliphatic carbocycles. The molecule has 0 aliphatic heterocycles. The summed E-state index contributed by atoms with van der Waals surface area (Å²) in [5.74, 6) is -2.27. The number of methoxy groups -OCH3 is 1. The normalized spacial score (nSPS) is 12.5. The molecule has 0 fully saturated rings. The van der Waals surface area contributed by atoms with Crippen molar-refractivity contribution in [3.63, 3.8) is 0 Å². The maximum absolute atomic E-state index is 13.6. The van der Waals surface area contributed by atoms with Crippen LogP contribution in [0.5, 0.6) is 0 Å². The number of nitrogens with one attached hydrogen (secondary N) is 1. The van der Waals surface area contributed by atoms with Gasteiger partial charge >= 0.3 is 12.1 Å². The third kappa shape index (κ3) is 7.04. The summed E-state index contributed by atoms with van der Waals surface area (Å²) in [6.07, 6.45) is -3.96. The van der Waals surface area contributed by atoms with E-state index < -0.39 is 35.3 Å². The minimum atomic E-state index is -4.46. The van der Waals surface area contributed by atoms with E-state index in [1.54, 1.807) is 18.2 Å². The second kappa shape index (κ2) is 10.9. The third-order valence-corrected chi connectivity index (χ3v) is 5.52. The number of anilines is 1. The first-order chi connectivity index (χ1) is 16.5. The van der Waals surface area contributed by atoms with Gasteiger partial charge in [-0.2, -0.15) is 13.2 Å². The first-order valence-corrected chi connectivity index (χ1v) is 11.1. The Bertz CT molecular complexity index is 1150. The van der Waals surface area contributed by atoms with Gasteiger partial charge in [-0.05, 0) is 71.0 Å². The summed E-state index contributed by atoms with van der Waals surface area (Å²) in [5, 5.41) is 3.10. The van der Waals surface area contributed by atoms with Crippen LogP contribution in [0.4, 0.5) is 27.6 Å². The van der Waals surface area contributed by atoms with E-state index in [1.165, 1.54) is 31.4 Å². The van der Waals surface area contributed by atoms with Crippen LogP contribution in [0.15, 0.2) is 60.7 Å². The van der Waals surface area contributed by atoms with Gasteiger partial charge in [0.05, 0.1) is 18.6 Å². The molecule has 0 unspecified atom stereocenters. The quantitative estimate of drug-likeness (QED) is 0.261. The van der Waals surface area contributed by atoms with Crippen LogP contribution in [-0.4, -0.2) is 13.1 Å². The fourth-order valence-electron chi connectivity index (χ4n) is 3.87. The third-order valence-electron chi connectivity index (χ3n) is 5.52. The number of carbonyl (C=O) groups is 1. The molecule has 0 spiro atoms. The maximum Gasteiger partial charge on any atom is 0.416 e. The number of halogens is 5. The number of carbonyl (C=O) groups excluding carboxylic acids is 1. The Morgan fingerprint density at radius 3 is 2.09 bits per heavy atom. The molecule has 0 amide bonds. The maximum atomic E-state index is 13.6. The topological polar surface area (TPSA) is 38.3 Å². The van der Waals surface area contributed by atoms with E-state index in [-0.39, 0.29) is 12.5 Å². The minimum absolute atomic E-state index is 0.0949. The number of hydrogen-bond acceptors (Lipinski definition) is 3. The van der Waals surface area contributed by atoms with E-state index in [1.807, 2.05) is 13.8 Å². The van der Waals surface area contributed by atoms with Crippen LogP contribution in [0.3, 0.4) is 0 Å².